The molecular weight excluding hydrogens is 466 g/mol. The zero-order valence-electron chi connectivity index (χ0n) is 19.8. The Bertz CT molecular complexity index is 1390. The van der Waals surface area contributed by atoms with Crippen LogP contribution in [-0.4, -0.2) is 56.0 Å². The van der Waals surface area contributed by atoms with Crippen LogP contribution in [0, 0.1) is 17.6 Å². The van der Waals surface area contributed by atoms with E-state index in [1.807, 2.05) is 6.07 Å². The van der Waals surface area contributed by atoms with Crippen LogP contribution in [0.25, 0.3) is 22.1 Å². The van der Waals surface area contributed by atoms with Crippen LogP contribution < -0.4 is 5.32 Å². The van der Waals surface area contributed by atoms with Crippen molar-refractivity contribution < 1.29 is 18.3 Å². The lowest BCUT2D eigenvalue weighted by molar-refractivity contribution is -0.139. The highest BCUT2D eigenvalue weighted by atomic mass is 19.1. The van der Waals surface area contributed by atoms with Gasteiger partial charge in [0.15, 0.2) is 11.6 Å². The number of benzene rings is 2. The molecule has 4 aromatic rings. The number of ether oxygens (including phenoxy) is 1. The van der Waals surface area contributed by atoms with Gasteiger partial charge in [-0.15, -0.1) is 0 Å². The molecule has 6 rings (SSSR count). The summed E-state index contributed by atoms with van der Waals surface area (Å²) in [5.41, 5.74) is 1.92. The summed E-state index contributed by atoms with van der Waals surface area (Å²) in [6.45, 7) is 2.24. The number of aromatic nitrogens is 4. The molecule has 2 aromatic heterocycles. The first-order valence-electron chi connectivity index (χ1n) is 12.4. The largest absolute Gasteiger partial charge is 0.360 e. The number of carbonyl (C=O) groups excluding carboxylic acids is 1. The molecule has 1 unspecified atom stereocenters. The minimum Gasteiger partial charge on any atom is -0.360 e. The van der Waals surface area contributed by atoms with Gasteiger partial charge in [0.2, 0.25) is 5.91 Å². The van der Waals surface area contributed by atoms with Gasteiger partial charge >= 0.3 is 0 Å². The fraction of sp³-hybridized carbons (Fsp3) is 0.423. The number of nitrogens with one attached hydrogen (secondary N) is 3. The Morgan fingerprint density at radius 1 is 0.972 bits per heavy atom. The molecule has 0 radical (unpaired) electrons. The molecule has 1 amide bonds. The average Bonchev–Trinajstić information content (AvgIpc) is 3.41. The van der Waals surface area contributed by atoms with E-state index in [4.69, 9.17) is 4.74 Å². The zero-order chi connectivity index (χ0) is 24.6. The normalized spacial score (nSPS) is 18.2. The number of carbonyl (C=O) groups is 1. The number of halogens is 2. The van der Waals surface area contributed by atoms with Crippen molar-refractivity contribution in [3.8, 4) is 0 Å². The van der Waals surface area contributed by atoms with Crippen molar-refractivity contribution in [2.45, 2.75) is 51.0 Å². The van der Waals surface area contributed by atoms with Crippen molar-refractivity contribution >= 4 is 28.0 Å². The molecule has 3 N–H and O–H groups in total. The summed E-state index contributed by atoms with van der Waals surface area (Å²) in [6.07, 6.45) is 2.96. The van der Waals surface area contributed by atoms with Crippen molar-refractivity contribution in [1.82, 2.24) is 30.2 Å². The predicted octanol–water partition coefficient (Wildman–Crippen LogP) is 3.79. The molecule has 1 atom stereocenters. The maximum Gasteiger partial charge on any atom is 0.249 e. The maximum absolute atomic E-state index is 14.0. The first-order valence-corrected chi connectivity index (χ1v) is 12.4. The zero-order valence-corrected chi connectivity index (χ0v) is 19.8. The number of hydrogen-bond donors (Lipinski definition) is 3. The fourth-order valence-corrected chi connectivity index (χ4v) is 4.97. The van der Waals surface area contributed by atoms with Gasteiger partial charge in [0.05, 0.1) is 17.6 Å². The first kappa shape index (κ1) is 23.1. The molecule has 0 spiro atoms. The van der Waals surface area contributed by atoms with Crippen LogP contribution in [0.2, 0.25) is 0 Å². The van der Waals surface area contributed by atoms with Crippen molar-refractivity contribution in [3.63, 3.8) is 0 Å². The van der Waals surface area contributed by atoms with Gasteiger partial charge in [-0.2, -0.15) is 0 Å². The monoisotopic (exact) mass is 494 g/mol. The Labute approximate surface area is 206 Å². The number of fused-ring (bicyclic) bond motifs is 2. The number of aromatic amines is 2. The molecule has 1 saturated heterocycles. The summed E-state index contributed by atoms with van der Waals surface area (Å²) in [7, 11) is 0. The molecule has 2 fully saturated rings. The number of nitrogens with zero attached hydrogens (tertiary/aromatic N) is 3. The molecule has 0 bridgehead atoms. The quantitative estimate of drug-likeness (QED) is 0.346. The van der Waals surface area contributed by atoms with Crippen LogP contribution in [-0.2, 0) is 22.7 Å². The average molecular weight is 495 g/mol. The molecule has 2 aliphatic rings. The Kier molecular flexibility index (Phi) is 6.14. The molecule has 3 heterocycles. The SMILES string of the molecule is O=C(NC1CC1)C(OCc1nc2c(F)cccc2[nH]1)C1CCN(Cc2nc3c(F)cccc3[nH]2)CC1. The molecule has 10 heteroatoms. The molecule has 188 valence electrons. The van der Waals surface area contributed by atoms with E-state index in [2.05, 4.69) is 30.2 Å². The Balaban J connectivity index is 1.10. The minimum atomic E-state index is -0.605. The van der Waals surface area contributed by atoms with Crippen molar-refractivity contribution in [2.24, 2.45) is 5.92 Å². The third kappa shape index (κ3) is 4.83. The summed E-state index contributed by atoms with van der Waals surface area (Å²) < 4.78 is 34.1. The van der Waals surface area contributed by atoms with Crippen molar-refractivity contribution in [1.29, 1.82) is 0 Å². The standard InChI is InChI=1S/C26H28F2N6O2/c27-17-3-1-5-19-23(17)32-21(30-19)13-34-11-9-15(10-12-34)25(26(35)29-16-7-8-16)36-14-22-31-20-6-2-4-18(28)24(20)33-22/h1-6,15-16,25H,7-14H2,(H,29,35)(H,30,32)(H,31,33). The fourth-order valence-electron chi connectivity index (χ4n) is 4.97. The summed E-state index contributed by atoms with van der Waals surface area (Å²) in [5, 5.41) is 3.08. The Morgan fingerprint density at radius 2 is 1.58 bits per heavy atom. The minimum absolute atomic E-state index is 0.0502. The molecule has 1 aliphatic heterocycles. The molecule has 8 nitrogen and oxygen atoms in total. The molecule has 36 heavy (non-hydrogen) atoms. The van der Waals surface area contributed by atoms with Gasteiger partial charge in [-0.25, -0.2) is 18.7 Å². The topological polar surface area (TPSA) is 98.9 Å². The third-order valence-electron chi connectivity index (χ3n) is 7.04. The van der Waals surface area contributed by atoms with Gasteiger partial charge in [-0.05, 0) is 69.0 Å². The van der Waals surface area contributed by atoms with Crippen LogP contribution in [0.5, 0.6) is 0 Å². The van der Waals surface area contributed by atoms with Gasteiger partial charge in [0.25, 0.3) is 0 Å². The van der Waals surface area contributed by atoms with E-state index in [0.717, 1.165) is 44.6 Å². The van der Waals surface area contributed by atoms with E-state index in [0.29, 0.717) is 28.9 Å². The van der Waals surface area contributed by atoms with Crippen LogP contribution in [0.4, 0.5) is 8.78 Å². The van der Waals surface area contributed by atoms with E-state index in [9.17, 15) is 13.6 Å². The maximum atomic E-state index is 14.0. The van der Waals surface area contributed by atoms with Gasteiger partial charge in [0.1, 0.15) is 35.4 Å². The highest BCUT2D eigenvalue weighted by Gasteiger charge is 2.35. The van der Waals surface area contributed by atoms with Gasteiger partial charge in [-0.1, -0.05) is 12.1 Å². The molecule has 2 aromatic carbocycles. The number of H-pyrrole nitrogens is 2. The first-order chi connectivity index (χ1) is 17.5. The van der Waals surface area contributed by atoms with Crippen molar-refractivity contribution in [3.05, 3.63) is 59.7 Å². The summed E-state index contributed by atoms with van der Waals surface area (Å²) in [5.74, 6) is 0.458. The number of para-hydroxylation sites is 2. The summed E-state index contributed by atoms with van der Waals surface area (Å²) >= 11 is 0. The van der Waals surface area contributed by atoms with E-state index in [1.165, 1.54) is 12.1 Å². The van der Waals surface area contributed by atoms with E-state index < -0.39 is 11.9 Å². The lowest BCUT2D eigenvalue weighted by Gasteiger charge is -2.35. The number of hydrogen-bond acceptors (Lipinski definition) is 5. The number of amides is 1. The number of piperidine rings is 1. The lowest BCUT2D eigenvalue weighted by Crippen LogP contribution is -2.46. The van der Waals surface area contributed by atoms with E-state index in [1.54, 1.807) is 18.2 Å². The molecule has 1 aliphatic carbocycles. The number of imidazole rings is 2. The van der Waals surface area contributed by atoms with Crippen LogP contribution in [0.3, 0.4) is 0 Å². The van der Waals surface area contributed by atoms with Crippen LogP contribution >= 0.6 is 0 Å². The highest BCUT2D eigenvalue weighted by molar-refractivity contribution is 5.81. The highest BCUT2D eigenvalue weighted by Crippen LogP contribution is 2.27. The van der Waals surface area contributed by atoms with E-state index >= 15 is 0 Å². The van der Waals surface area contributed by atoms with Gasteiger partial charge in [0, 0.05) is 6.04 Å². The third-order valence-corrected chi connectivity index (χ3v) is 7.04. The molecule has 1 saturated carbocycles. The predicted molar refractivity (Wildman–Crippen MR) is 130 cm³/mol. The number of rotatable bonds is 8. The van der Waals surface area contributed by atoms with Crippen molar-refractivity contribution in [2.75, 3.05) is 13.1 Å². The number of likely N-dealkylation sites (tertiary alicyclic amines) is 1. The Morgan fingerprint density at radius 3 is 2.19 bits per heavy atom. The van der Waals surface area contributed by atoms with Gasteiger partial charge < -0.3 is 20.0 Å². The van der Waals surface area contributed by atoms with Crippen LogP contribution in [0.1, 0.15) is 37.3 Å². The Hall–Kier alpha value is -3.37. The smallest absolute Gasteiger partial charge is 0.249 e. The second-order valence-electron chi connectivity index (χ2n) is 9.77. The summed E-state index contributed by atoms with van der Waals surface area (Å²) in [4.78, 5) is 30.3. The summed E-state index contributed by atoms with van der Waals surface area (Å²) in [6, 6.07) is 9.89. The molecular formula is C26H28F2N6O2. The van der Waals surface area contributed by atoms with E-state index in [-0.39, 0.29) is 35.8 Å². The lowest BCUT2D eigenvalue weighted by atomic mass is 9.90. The van der Waals surface area contributed by atoms with Crippen LogP contribution in [0.15, 0.2) is 36.4 Å². The van der Waals surface area contributed by atoms with Gasteiger partial charge in [-0.3, -0.25) is 9.69 Å². The second-order valence-corrected chi connectivity index (χ2v) is 9.77. The second kappa shape index (κ2) is 9.59.